The molecular weight excluding hydrogens is 321 g/mol. The third-order valence-electron chi connectivity index (χ3n) is 5.06. The van der Waals surface area contributed by atoms with Crippen LogP contribution in [-0.2, 0) is 17.9 Å². The Labute approximate surface area is 139 Å². The number of carbonyl (C=O) groups excluding carboxylic acids is 1. The molecule has 2 unspecified atom stereocenters. The number of aromatic nitrogens is 2. The van der Waals surface area contributed by atoms with Crippen molar-refractivity contribution in [3.8, 4) is 0 Å². The number of hydrogen-bond donors (Lipinski definition) is 0. The van der Waals surface area contributed by atoms with E-state index in [4.69, 9.17) is 0 Å². The van der Waals surface area contributed by atoms with Crippen LogP contribution in [0.1, 0.15) is 38.4 Å². The van der Waals surface area contributed by atoms with Crippen LogP contribution >= 0.6 is 0 Å². The first kappa shape index (κ1) is 17.3. The molecule has 1 aromatic rings. The summed E-state index contributed by atoms with van der Waals surface area (Å²) in [4.78, 5) is 20.1. The molecule has 3 heterocycles. The van der Waals surface area contributed by atoms with Crippen LogP contribution in [0.3, 0.4) is 0 Å². The van der Waals surface area contributed by atoms with Crippen molar-refractivity contribution in [1.82, 2.24) is 19.4 Å². The average molecular weight is 344 g/mol. The molecule has 1 aromatic heterocycles. The molecule has 3 rings (SSSR count). The lowest BCUT2D eigenvalue weighted by Crippen LogP contribution is -2.47. The molecular formula is C16H23F3N4O. The molecule has 0 aliphatic carbocycles. The summed E-state index contributed by atoms with van der Waals surface area (Å²) in [5, 5.41) is 0. The zero-order valence-corrected chi connectivity index (χ0v) is 13.8. The van der Waals surface area contributed by atoms with E-state index < -0.39 is 12.7 Å². The van der Waals surface area contributed by atoms with E-state index in [-0.39, 0.29) is 18.0 Å². The van der Waals surface area contributed by atoms with Crippen molar-refractivity contribution in [2.24, 2.45) is 0 Å². The van der Waals surface area contributed by atoms with Gasteiger partial charge in [0, 0.05) is 37.9 Å². The summed E-state index contributed by atoms with van der Waals surface area (Å²) in [5.41, 5.74) is 0. The average Bonchev–Trinajstić information content (AvgIpc) is 3.18. The molecule has 0 spiro atoms. The standard InChI is InChI=1S/C16H23F3N4O/c1-12(24)23-8-3-5-14(23)13-4-2-7-21(13)10-15-20-6-9-22(15)11-16(17,18)19/h6,9,13-14H,2-5,7-8,10-11H2,1H3. The van der Waals surface area contributed by atoms with Crippen LogP contribution in [0.25, 0.3) is 0 Å². The molecule has 0 aromatic carbocycles. The SMILES string of the molecule is CC(=O)N1CCCC1C1CCCN1Cc1nccn1CC(F)(F)F. The molecule has 2 fully saturated rings. The molecule has 0 N–H and O–H groups in total. The van der Waals surface area contributed by atoms with Crippen LogP contribution in [0.15, 0.2) is 12.4 Å². The smallest absolute Gasteiger partial charge is 0.338 e. The molecule has 2 atom stereocenters. The van der Waals surface area contributed by atoms with E-state index in [0.29, 0.717) is 12.4 Å². The maximum atomic E-state index is 12.7. The van der Waals surface area contributed by atoms with Crippen molar-refractivity contribution < 1.29 is 18.0 Å². The summed E-state index contributed by atoms with van der Waals surface area (Å²) < 4.78 is 39.2. The molecule has 0 saturated carbocycles. The Morgan fingerprint density at radius 3 is 2.67 bits per heavy atom. The lowest BCUT2D eigenvalue weighted by molar-refractivity contribution is -0.141. The summed E-state index contributed by atoms with van der Waals surface area (Å²) in [6, 6.07) is 0.392. The first-order chi connectivity index (χ1) is 11.3. The fourth-order valence-corrected chi connectivity index (χ4v) is 4.08. The zero-order chi connectivity index (χ0) is 17.3. The number of rotatable bonds is 4. The van der Waals surface area contributed by atoms with E-state index >= 15 is 0 Å². The zero-order valence-electron chi connectivity index (χ0n) is 13.8. The van der Waals surface area contributed by atoms with Crippen LogP contribution in [-0.4, -0.2) is 56.6 Å². The summed E-state index contributed by atoms with van der Waals surface area (Å²) in [6.07, 6.45) is 2.50. The van der Waals surface area contributed by atoms with Crippen molar-refractivity contribution in [2.75, 3.05) is 13.1 Å². The minimum atomic E-state index is -4.25. The Balaban J connectivity index is 1.71. The van der Waals surface area contributed by atoms with Crippen LogP contribution < -0.4 is 0 Å². The van der Waals surface area contributed by atoms with Crippen molar-refractivity contribution in [1.29, 1.82) is 0 Å². The minimum absolute atomic E-state index is 0.0860. The molecule has 1 amide bonds. The maximum absolute atomic E-state index is 12.7. The van der Waals surface area contributed by atoms with Crippen molar-refractivity contribution in [3.05, 3.63) is 18.2 Å². The lowest BCUT2D eigenvalue weighted by Gasteiger charge is -2.34. The quantitative estimate of drug-likeness (QED) is 0.842. The third kappa shape index (κ3) is 3.74. The molecule has 0 bridgehead atoms. The number of carbonyl (C=O) groups is 1. The normalized spacial score (nSPS) is 25.6. The fourth-order valence-electron chi connectivity index (χ4n) is 4.08. The van der Waals surface area contributed by atoms with Gasteiger partial charge < -0.3 is 9.47 Å². The summed E-state index contributed by atoms with van der Waals surface area (Å²) in [5.74, 6) is 0.523. The third-order valence-corrected chi connectivity index (χ3v) is 5.06. The number of likely N-dealkylation sites (tertiary alicyclic amines) is 2. The minimum Gasteiger partial charge on any atom is -0.338 e. The number of halogens is 3. The van der Waals surface area contributed by atoms with Crippen molar-refractivity contribution in [3.63, 3.8) is 0 Å². The first-order valence-corrected chi connectivity index (χ1v) is 8.43. The van der Waals surface area contributed by atoms with Crippen LogP contribution in [0.5, 0.6) is 0 Å². The summed E-state index contributed by atoms with van der Waals surface area (Å²) in [7, 11) is 0. The Morgan fingerprint density at radius 1 is 1.25 bits per heavy atom. The number of imidazole rings is 1. The van der Waals surface area contributed by atoms with Gasteiger partial charge in [-0.2, -0.15) is 13.2 Å². The largest absolute Gasteiger partial charge is 0.406 e. The van der Waals surface area contributed by atoms with Gasteiger partial charge in [0.2, 0.25) is 5.91 Å². The predicted molar refractivity (Wildman–Crippen MR) is 82.1 cm³/mol. The van der Waals surface area contributed by atoms with Gasteiger partial charge in [-0.05, 0) is 32.2 Å². The van der Waals surface area contributed by atoms with Gasteiger partial charge in [0.1, 0.15) is 12.4 Å². The Bertz CT molecular complexity index is 586. The highest BCUT2D eigenvalue weighted by Crippen LogP contribution is 2.31. The highest BCUT2D eigenvalue weighted by Gasteiger charge is 2.39. The predicted octanol–water partition coefficient (Wildman–Crippen LogP) is 2.42. The van der Waals surface area contributed by atoms with Crippen LogP contribution in [0.4, 0.5) is 13.2 Å². The van der Waals surface area contributed by atoms with Crippen LogP contribution in [0, 0.1) is 0 Å². The number of alkyl halides is 3. The van der Waals surface area contributed by atoms with Crippen molar-refractivity contribution >= 4 is 5.91 Å². The van der Waals surface area contributed by atoms with Gasteiger partial charge in [0.15, 0.2) is 0 Å². The summed E-state index contributed by atoms with van der Waals surface area (Å²) in [6.45, 7) is 2.60. The van der Waals surface area contributed by atoms with E-state index in [1.165, 1.54) is 17.0 Å². The van der Waals surface area contributed by atoms with E-state index in [9.17, 15) is 18.0 Å². The maximum Gasteiger partial charge on any atom is 0.406 e. The van der Waals surface area contributed by atoms with Gasteiger partial charge in [-0.3, -0.25) is 9.69 Å². The molecule has 2 saturated heterocycles. The molecule has 8 heteroatoms. The first-order valence-electron chi connectivity index (χ1n) is 8.43. The van der Waals surface area contributed by atoms with Gasteiger partial charge in [0.25, 0.3) is 0 Å². The molecule has 5 nitrogen and oxygen atoms in total. The number of hydrogen-bond acceptors (Lipinski definition) is 3. The van der Waals surface area contributed by atoms with Gasteiger partial charge >= 0.3 is 6.18 Å². The Kier molecular flexibility index (Phi) is 4.85. The molecule has 2 aliphatic rings. The van der Waals surface area contributed by atoms with Gasteiger partial charge in [0.05, 0.1) is 6.54 Å². The molecule has 24 heavy (non-hydrogen) atoms. The Morgan fingerprint density at radius 2 is 1.96 bits per heavy atom. The molecule has 0 radical (unpaired) electrons. The topological polar surface area (TPSA) is 41.4 Å². The second-order valence-corrected chi connectivity index (χ2v) is 6.69. The van der Waals surface area contributed by atoms with Gasteiger partial charge in [-0.25, -0.2) is 4.98 Å². The lowest BCUT2D eigenvalue weighted by atomic mass is 10.0. The fraction of sp³-hybridized carbons (Fsp3) is 0.750. The number of nitrogens with zero attached hydrogens (tertiary/aromatic N) is 4. The molecule has 2 aliphatic heterocycles. The van der Waals surface area contributed by atoms with E-state index in [1.807, 2.05) is 4.90 Å². The second kappa shape index (κ2) is 6.74. The number of amides is 1. The second-order valence-electron chi connectivity index (χ2n) is 6.69. The van der Waals surface area contributed by atoms with Gasteiger partial charge in [-0.1, -0.05) is 0 Å². The van der Waals surface area contributed by atoms with E-state index in [1.54, 1.807) is 6.92 Å². The summed E-state index contributed by atoms with van der Waals surface area (Å²) >= 11 is 0. The molecule has 134 valence electrons. The van der Waals surface area contributed by atoms with E-state index in [0.717, 1.165) is 38.8 Å². The van der Waals surface area contributed by atoms with Crippen LogP contribution in [0.2, 0.25) is 0 Å². The highest BCUT2D eigenvalue weighted by molar-refractivity contribution is 5.74. The Hall–Kier alpha value is -1.57. The van der Waals surface area contributed by atoms with Gasteiger partial charge in [-0.15, -0.1) is 0 Å². The van der Waals surface area contributed by atoms with E-state index in [2.05, 4.69) is 9.88 Å². The highest BCUT2D eigenvalue weighted by atomic mass is 19.4. The monoisotopic (exact) mass is 344 g/mol. The van der Waals surface area contributed by atoms with Crippen molar-refractivity contribution in [2.45, 2.75) is 64.0 Å².